The van der Waals surface area contributed by atoms with E-state index in [1.807, 2.05) is 0 Å². The average Bonchev–Trinajstić information content (AvgIpc) is 2.38. The minimum Gasteiger partial charge on any atom is -0.379 e. The van der Waals surface area contributed by atoms with Crippen LogP contribution in [-0.2, 0) is 20.0 Å². The van der Waals surface area contributed by atoms with Crippen LogP contribution in [0.15, 0.2) is 58.3 Å². The van der Waals surface area contributed by atoms with Crippen LogP contribution in [-0.4, -0.2) is 23.1 Å². The van der Waals surface area contributed by atoms with Gasteiger partial charge in [0.15, 0.2) is 9.84 Å². The van der Waals surface area contributed by atoms with E-state index in [1.54, 1.807) is 18.2 Å². The van der Waals surface area contributed by atoms with Gasteiger partial charge >= 0.3 is 10.1 Å². The molecule has 0 saturated heterocycles. The maximum atomic E-state index is 12.2. The summed E-state index contributed by atoms with van der Waals surface area (Å²) in [5, 5.41) is -0.113. The zero-order chi connectivity index (χ0) is 15.7. The highest BCUT2D eigenvalue weighted by molar-refractivity contribution is 7.90. The molecule has 2 aromatic carbocycles. The van der Waals surface area contributed by atoms with E-state index >= 15 is 0 Å². The molecular formula is C13H11ClO5S2. The van der Waals surface area contributed by atoms with Crippen molar-refractivity contribution in [3.63, 3.8) is 0 Å². The van der Waals surface area contributed by atoms with Gasteiger partial charge in [0, 0.05) is 6.26 Å². The average molecular weight is 347 g/mol. The molecule has 0 amide bonds. The van der Waals surface area contributed by atoms with Crippen LogP contribution in [0.4, 0.5) is 0 Å². The Morgan fingerprint density at radius 3 is 2.14 bits per heavy atom. The van der Waals surface area contributed by atoms with E-state index in [0.29, 0.717) is 0 Å². The highest BCUT2D eigenvalue weighted by Crippen LogP contribution is 2.27. The van der Waals surface area contributed by atoms with Gasteiger partial charge in [0.2, 0.25) is 0 Å². The van der Waals surface area contributed by atoms with Crippen molar-refractivity contribution in [2.24, 2.45) is 0 Å². The van der Waals surface area contributed by atoms with Gasteiger partial charge in [-0.05, 0) is 30.3 Å². The predicted molar refractivity (Wildman–Crippen MR) is 78.8 cm³/mol. The number of halogens is 1. The molecule has 0 unspecified atom stereocenters. The summed E-state index contributed by atoms with van der Waals surface area (Å²) in [6.45, 7) is 0. The standard InChI is InChI=1S/C13H11ClO5S2/c1-20(15,16)11-7-8-12(14)13(9-11)21(17,18)19-10-5-3-2-4-6-10/h2-9H,1H3. The first-order chi connectivity index (χ1) is 9.70. The highest BCUT2D eigenvalue weighted by Gasteiger charge is 2.23. The second-order valence-corrected chi connectivity index (χ2v) is 8.15. The third-order valence-corrected chi connectivity index (χ3v) is 5.39. The first-order valence-electron chi connectivity index (χ1n) is 5.69. The van der Waals surface area contributed by atoms with Crippen LogP contribution in [0, 0.1) is 0 Å². The van der Waals surface area contributed by atoms with Crippen LogP contribution in [0.3, 0.4) is 0 Å². The van der Waals surface area contributed by atoms with Gasteiger partial charge in [0.05, 0.1) is 9.92 Å². The van der Waals surface area contributed by atoms with Crippen LogP contribution >= 0.6 is 11.6 Å². The van der Waals surface area contributed by atoms with E-state index in [0.717, 1.165) is 12.3 Å². The number of rotatable bonds is 4. The molecule has 8 heteroatoms. The van der Waals surface area contributed by atoms with Gasteiger partial charge in [-0.3, -0.25) is 0 Å². The van der Waals surface area contributed by atoms with Crippen molar-refractivity contribution < 1.29 is 21.0 Å². The van der Waals surface area contributed by atoms with E-state index in [1.165, 1.54) is 24.3 Å². The minimum atomic E-state index is -4.22. The normalized spacial score (nSPS) is 12.1. The molecule has 5 nitrogen and oxygen atoms in total. The highest BCUT2D eigenvalue weighted by atomic mass is 35.5. The zero-order valence-corrected chi connectivity index (χ0v) is 13.2. The molecular weight excluding hydrogens is 336 g/mol. The van der Waals surface area contributed by atoms with Crippen LogP contribution in [0.25, 0.3) is 0 Å². The van der Waals surface area contributed by atoms with Crippen molar-refractivity contribution in [2.45, 2.75) is 9.79 Å². The Hall–Kier alpha value is -1.57. The third kappa shape index (κ3) is 3.75. The van der Waals surface area contributed by atoms with Gasteiger partial charge in [-0.1, -0.05) is 29.8 Å². The van der Waals surface area contributed by atoms with E-state index in [4.69, 9.17) is 15.8 Å². The molecule has 0 heterocycles. The molecule has 2 aromatic rings. The molecule has 0 N–H and O–H groups in total. The van der Waals surface area contributed by atoms with Crippen molar-refractivity contribution in [1.29, 1.82) is 0 Å². The largest absolute Gasteiger partial charge is 0.379 e. The third-order valence-electron chi connectivity index (χ3n) is 2.55. The maximum absolute atomic E-state index is 12.2. The Labute approximate surface area is 128 Å². The summed E-state index contributed by atoms with van der Waals surface area (Å²) < 4.78 is 52.3. The molecule has 0 aliphatic carbocycles. The zero-order valence-electron chi connectivity index (χ0n) is 10.9. The first kappa shape index (κ1) is 15.8. The Kier molecular flexibility index (Phi) is 4.27. The molecule has 21 heavy (non-hydrogen) atoms. The van der Waals surface area contributed by atoms with Gasteiger partial charge in [0.1, 0.15) is 10.6 Å². The molecule has 0 aliphatic rings. The predicted octanol–water partition coefficient (Wildman–Crippen LogP) is 2.51. The summed E-state index contributed by atoms with van der Waals surface area (Å²) in [4.78, 5) is -0.543. The van der Waals surface area contributed by atoms with Crippen molar-refractivity contribution in [3.8, 4) is 5.75 Å². The smallest absolute Gasteiger partial charge is 0.340 e. The van der Waals surface area contributed by atoms with E-state index in [2.05, 4.69) is 0 Å². The molecule has 0 bridgehead atoms. The molecule has 0 aromatic heterocycles. The number of hydrogen-bond acceptors (Lipinski definition) is 5. The molecule has 0 atom stereocenters. The summed E-state index contributed by atoms with van der Waals surface area (Å²) in [7, 11) is -7.78. The molecule has 0 radical (unpaired) electrons. The monoisotopic (exact) mass is 346 g/mol. The SMILES string of the molecule is CS(=O)(=O)c1ccc(Cl)c(S(=O)(=O)Oc2ccccc2)c1. The Morgan fingerprint density at radius 2 is 1.57 bits per heavy atom. The van der Waals surface area contributed by atoms with Gasteiger partial charge in [-0.25, -0.2) is 8.42 Å². The number of sulfone groups is 1. The lowest BCUT2D eigenvalue weighted by molar-refractivity contribution is 0.486. The van der Waals surface area contributed by atoms with Crippen LogP contribution < -0.4 is 4.18 Å². The minimum absolute atomic E-state index is 0.110. The molecule has 0 aliphatic heterocycles. The van der Waals surface area contributed by atoms with Crippen molar-refractivity contribution in [1.82, 2.24) is 0 Å². The van der Waals surface area contributed by atoms with Gasteiger partial charge in [-0.15, -0.1) is 0 Å². The van der Waals surface area contributed by atoms with E-state index in [-0.39, 0.29) is 15.7 Å². The number of benzene rings is 2. The van der Waals surface area contributed by atoms with Crippen molar-refractivity contribution in [3.05, 3.63) is 53.6 Å². The molecule has 112 valence electrons. The molecule has 0 fully saturated rings. The van der Waals surface area contributed by atoms with Crippen molar-refractivity contribution >= 4 is 31.6 Å². The fourth-order valence-corrected chi connectivity index (χ4v) is 3.71. The number of hydrogen-bond donors (Lipinski definition) is 0. The molecule has 2 rings (SSSR count). The lowest BCUT2D eigenvalue weighted by atomic mass is 10.3. The van der Waals surface area contributed by atoms with Crippen LogP contribution in [0.2, 0.25) is 5.02 Å². The summed E-state index contributed by atoms with van der Waals surface area (Å²) in [5.74, 6) is 0.110. The molecule has 0 saturated carbocycles. The summed E-state index contributed by atoms with van der Waals surface area (Å²) in [6.07, 6.45) is 0.977. The summed E-state index contributed by atoms with van der Waals surface area (Å²) in [6, 6.07) is 11.3. The second kappa shape index (κ2) is 5.67. The second-order valence-electron chi connectivity index (χ2n) is 4.21. The summed E-state index contributed by atoms with van der Waals surface area (Å²) in [5.41, 5.74) is 0. The summed E-state index contributed by atoms with van der Waals surface area (Å²) >= 11 is 5.84. The lowest BCUT2D eigenvalue weighted by Crippen LogP contribution is -2.11. The Morgan fingerprint density at radius 1 is 0.952 bits per heavy atom. The van der Waals surface area contributed by atoms with Gasteiger partial charge < -0.3 is 4.18 Å². The van der Waals surface area contributed by atoms with E-state index in [9.17, 15) is 16.8 Å². The van der Waals surface area contributed by atoms with Crippen molar-refractivity contribution in [2.75, 3.05) is 6.26 Å². The number of para-hydroxylation sites is 1. The van der Waals surface area contributed by atoms with Crippen LogP contribution in [0.1, 0.15) is 0 Å². The van der Waals surface area contributed by atoms with Gasteiger partial charge in [-0.2, -0.15) is 8.42 Å². The Balaban J connectivity index is 2.50. The fraction of sp³-hybridized carbons (Fsp3) is 0.0769. The Bertz CT molecular complexity index is 859. The van der Waals surface area contributed by atoms with Crippen LogP contribution in [0.5, 0.6) is 5.75 Å². The lowest BCUT2D eigenvalue weighted by Gasteiger charge is -2.09. The topological polar surface area (TPSA) is 77.5 Å². The molecule has 0 spiro atoms. The first-order valence-corrected chi connectivity index (χ1v) is 9.37. The fourth-order valence-electron chi connectivity index (χ4n) is 1.55. The van der Waals surface area contributed by atoms with Gasteiger partial charge in [0.25, 0.3) is 0 Å². The van der Waals surface area contributed by atoms with E-state index < -0.39 is 24.9 Å². The maximum Gasteiger partial charge on any atom is 0.340 e. The quantitative estimate of drug-likeness (QED) is 0.795.